The van der Waals surface area contributed by atoms with Gasteiger partial charge in [0.25, 0.3) is 10.0 Å². The highest BCUT2D eigenvalue weighted by molar-refractivity contribution is 7.89. The van der Waals surface area contributed by atoms with Gasteiger partial charge in [-0.1, -0.05) is 53.6 Å². The van der Waals surface area contributed by atoms with Crippen molar-refractivity contribution >= 4 is 33.7 Å². The lowest BCUT2D eigenvalue weighted by molar-refractivity contribution is -0.184. The Morgan fingerprint density at radius 2 is 1.48 bits per heavy atom. The fourth-order valence-corrected chi connectivity index (χ4v) is 6.99. The molecule has 0 amide bonds. The Bertz CT molecular complexity index is 1600. The van der Waals surface area contributed by atoms with Crippen molar-refractivity contribution in [3.63, 3.8) is 0 Å². The van der Waals surface area contributed by atoms with E-state index in [1.165, 1.54) is 29.3 Å². The topological polar surface area (TPSA) is 93.2 Å². The molecule has 0 radical (unpaired) electrons. The summed E-state index contributed by atoms with van der Waals surface area (Å²) in [6, 6.07) is 16.6. The molecule has 0 saturated carbocycles. The number of sulfonamides is 1. The zero-order chi connectivity index (χ0) is 28.8. The van der Waals surface area contributed by atoms with Crippen LogP contribution >= 0.6 is 0 Å². The number of carbonyl (C=O) groups excluding carboxylic acids is 2. The molecule has 0 bridgehead atoms. The highest BCUT2D eigenvalue weighted by Crippen LogP contribution is 2.55. The Morgan fingerprint density at radius 3 is 2.05 bits per heavy atom. The summed E-state index contributed by atoms with van der Waals surface area (Å²) in [5, 5.41) is 1.42. The van der Waals surface area contributed by atoms with Crippen LogP contribution in [0.15, 0.2) is 71.6 Å². The van der Waals surface area contributed by atoms with Crippen LogP contribution in [0.3, 0.4) is 0 Å². The molecule has 0 aliphatic carbocycles. The van der Waals surface area contributed by atoms with Gasteiger partial charge in [0.1, 0.15) is 5.82 Å². The molecular formula is C30H29FN2O6S. The van der Waals surface area contributed by atoms with E-state index in [9.17, 15) is 22.4 Å². The SMILES string of the molecule is COC(=O)C1(C(=O)OC)CCN(S(=O)(=O)c2ccc(C)cc2)N2C(c3ccc(C)cc3)=Cc3ccc(F)cc3C21. The van der Waals surface area contributed by atoms with Gasteiger partial charge in [0.15, 0.2) is 5.41 Å². The lowest BCUT2D eigenvalue weighted by Crippen LogP contribution is -2.63. The Labute approximate surface area is 232 Å². The van der Waals surface area contributed by atoms with Gasteiger partial charge in [-0.2, -0.15) is 0 Å². The molecule has 2 aliphatic heterocycles. The molecule has 1 fully saturated rings. The third-order valence-electron chi connectivity index (χ3n) is 7.57. The third-order valence-corrected chi connectivity index (χ3v) is 9.36. The lowest BCUT2D eigenvalue weighted by Gasteiger charge is -2.54. The van der Waals surface area contributed by atoms with Gasteiger partial charge in [-0.15, -0.1) is 4.41 Å². The quantitative estimate of drug-likeness (QED) is 0.329. The minimum Gasteiger partial charge on any atom is -0.468 e. The van der Waals surface area contributed by atoms with Crippen LogP contribution in [0.4, 0.5) is 4.39 Å². The largest absolute Gasteiger partial charge is 0.468 e. The number of hydrazine groups is 1. The maximum absolute atomic E-state index is 14.8. The molecule has 3 aromatic carbocycles. The van der Waals surface area contributed by atoms with E-state index in [1.807, 2.05) is 38.1 Å². The van der Waals surface area contributed by atoms with Crippen LogP contribution in [0.25, 0.3) is 11.8 Å². The van der Waals surface area contributed by atoms with Gasteiger partial charge in [0, 0.05) is 6.54 Å². The van der Waals surface area contributed by atoms with Crippen molar-refractivity contribution in [2.75, 3.05) is 20.8 Å². The van der Waals surface area contributed by atoms with Gasteiger partial charge in [-0.25, -0.2) is 12.8 Å². The number of halogens is 1. The van der Waals surface area contributed by atoms with Gasteiger partial charge in [0.2, 0.25) is 0 Å². The standard InChI is InChI=1S/C30H29FN2O6S/c1-19-5-9-21(10-6-19)26-17-22-11-12-23(31)18-25(22)27-30(28(34)38-3,29(35)39-4)15-16-32(33(26)27)40(36,37)24-13-7-20(2)8-14-24/h5-14,17-18,27H,15-16H2,1-4H3. The summed E-state index contributed by atoms with van der Waals surface area (Å²) in [6.07, 6.45) is 1.48. The first kappa shape index (κ1) is 27.5. The van der Waals surface area contributed by atoms with E-state index >= 15 is 0 Å². The Morgan fingerprint density at radius 1 is 0.900 bits per heavy atom. The van der Waals surface area contributed by atoms with E-state index in [-0.39, 0.29) is 23.4 Å². The number of nitrogens with zero attached hydrogens (tertiary/aromatic N) is 2. The molecule has 2 aliphatic rings. The number of hydrogen-bond donors (Lipinski definition) is 0. The second-order valence-corrected chi connectivity index (χ2v) is 11.8. The van der Waals surface area contributed by atoms with Crippen LogP contribution in [-0.2, 0) is 29.1 Å². The normalized spacial score (nSPS) is 18.3. The number of methoxy groups -OCH3 is 2. The van der Waals surface area contributed by atoms with Crippen molar-refractivity contribution in [1.82, 2.24) is 9.42 Å². The van der Waals surface area contributed by atoms with Crippen LogP contribution in [0, 0.1) is 25.1 Å². The van der Waals surface area contributed by atoms with Crippen molar-refractivity contribution in [2.24, 2.45) is 5.41 Å². The van der Waals surface area contributed by atoms with Gasteiger partial charge >= 0.3 is 11.9 Å². The maximum Gasteiger partial charge on any atom is 0.325 e. The number of carbonyl (C=O) groups is 2. The summed E-state index contributed by atoms with van der Waals surface area (Å²) in [6.45, 7) is 3.53. The molecule has 0 aromatic heterocycles. The number of ether oxygens (including phenoxy) is 2. The molecule has 2 heterocycles. The summed E-state index contributed by atoms with van der Waals surface area (Å²) in [5.41, 5.74) is 1.72. The summed E-state index contributed by atoms with van der Waals surface area (Å²) in [5.74, 6) is -2.41. The predicted octanol–water partition coefficient (Wildman–Crippen LogP) is 4.64. The van der Waals surface area contributed by atoms with Crippen molar-refractivity contribution < 1.29 is 31.9 Å². The average Bonchev–Trinajstić information content (AvgIpc) is 2.95. The van der Waals surface area contributed by atoms with E-state index in [0.29, 0.717) is 16.8 Å². The number of benzene rings is 3. The molecular weight excluding hydrogens is 535 g/mol. The summed E-state index contributed by atoms with van der Waals surface area (Å²) >= 11 is 0. The molecule has 208 valence electrons. The monoisotopic (exact) mass is 564 g/mol. The van der Waals surface area contributed by atoms with Gasteiger partial charge in [-0.05, 0) is 67.3 Å². The molecule has 0 spiro atoms. The maximum atomic E-state index is 14.8. The fraction of sp³-hybridized carbons (Fsp3) is 0.267. The summed E-state index contributed by atoms with van der Waals surface area (Å²) in [4.78, 5) is 27.2. The number of fused-ring (bicyclic) bond motifs is 3. The summed E-state index contributed by atoms with van der Waals surface area (Å²) in [7, 11) is -1.90. The van der Waals surface area contributed by atoms with Gasteiger partial charge in [-0.3, -0.25) is 14.6 Å². The predicted molar refractivity (Wildman–Crippen MR) is 146 cm³/mol. The Kier molecular flexibility index (Phi) is 7.01. The van der Waals surface area contributed by atoms with Gasteiger partial charge in [0.05, 0.1) is 30.9 Å². The van der Waals surface area contributed by atoms with Crippen LogP contribution in [0.2, 0.25) is 0 Å². The van der Waals surface area contributed by atoms with E-state index in [1.54, 1.807) is 24.3 Å². The van der Waals surface area contributed by atoms with E-state index in [4.69, 9.17) is 9.47 Å². The second-order valence-electron chi connectivity index (χ2n) is 9.98. The van der Waals surface area contributed by atoms with Crippen molar-refractivity contribution in [3.8, 4) is 0 Å². The summed E-state index contributed by atoms with van der Waals surface area (Å²) < 4.78 is 54.6. The third kappa shape index (κ3) is 4.28. The first-order chi connectivity index (χ1) is 19.0. The zero-order valence-corrected chi connectivity index (χ0v) is 23.4. The molecule has 1 unspecified atom stereocenters. The second kappa shape index (κ2) is 10.2. The van der Waals surface area contributed by atoms with E-state index in [0.717, 1.165) is 29.8 Å². The van der Waals surface area contributed by atoms with E-state index in [2.05, 4.69) is 0 Å². The molecule has 3 aromatic rings. The van der Waals surface area contributed by atoms with E-state index < -0.39 is 39.2 Å². The van der Waals surface area contributed by atoms with Crippen molar-refractivity contribution in [1.29, 1.82) is 0 Å². The lowest BCUT2D eigenvalue weighted by atomic mass is 9.70. The minimum absolute atomic E-state index is 0.0359. The highest BCUT2D eigenvalue weighted by Gasteiger charge is 2.63. The molecule has 40 heavy (non-hydrogen) atoms. The molecule has 1 atom stereocenters. The smallest absolute Gasteiger partial charge is 0.325 e. The number of esters is 2. The zero-order valence-electron chi connectivity index (χ0n) is 22.5. The molecule has 1 saturated heterocycles. The first-order valence-corrected chi connectivity index (χ1v) is 14.1. The molecule has 0 N–H and O–H groups in total. The molecule has 10 heteroatoms. The average molecular weight is 565 g/mol. The molecule has 8 nitrogen and oxygen atoms in total. The fourth-order valence-electron chi connectivity index (χ4n) is 5.52. The van der Waals surface area contributed by atoms with Crippen LogP contribution in [0.5, 0.6) is 0 Å². The minimum atomic E-state index is -4.21. The number of aryl methyl sites for hydroxylation is 2. The Hall–Kier alpha value is -4.02. The van der Waals surface area contributed by atoms with Gasteiger partial charge < -0.3 is 9.47 Å². The highest BCUT2D eigenvalue weighted by atomic mass is 32.2. The number of hydrogen-bond acceptors (Lipinski definition) is 7. The Balaban J connectivity index is 1.84. The first-order valence-electron chi connectivity index (χ1n) is 12.7. The van der Waals surface area contributed by atoms with Crippen LogP contribution in [0.1, 0.15) is 40.3 Å². The van der Waals surface area contributed by atoms with Crippen molar-refractivity contribution in [3.05, 3.63) is 100 Å². The molecule has 5 rings (SSSR count). The number of rotatable bonds is 5. The van der Waals surface area contributed by atoms with Crippen LogP contribution in [-0.4, -0.2) is 50.5 Å². The van der Waals surface area contributed by atoms with Crippen molar-refractivity contribution in [2.45, 2.75) is 31.2 Å². The van der Waals surface area contributed by atoms with Crippen LogP contribution < -0.4 is 0 Å².